The van der Waals surface area contributed by atoms with Gasteiger partial charge in [0.1, 0.15) is 17.9 Å². The minimum Gasteiger partial charge on any atom is -0.497 e. The average Bonchev–Trinajstić information content (AvgIpc) is 3.11. The summed E-state index contributed by atoms with van der Waals surface area (Å²) in [4.78, 5) is 26.3. The number of nitrogens with one attached hydrogen (secondary N) is 1. The highest BCUT2D eigenvalue weighted by Gasteiger charge is 2.28. The first-order chi connectivity index (χ1) is 12.8. The van der Waals surface area contributed by atoms with E-state index < -0.39 is 11.7 Å². The lowest BCUT2D eigenvalue weighted by atomic mass is 10.2. The predicted molar refractivity (Wildman–Crippen MR) is 102 cm³/mol. The molecule has 7 heteroatoms. The summed E-state index contributed by atoms with van der Waals surface area (Å²) in [6.45, 7) is 6.74. The minimum atomic E-state index is -0.622. The monoisotopic (exact) mass is 378 g/mol. The molecule has 0 aliphatic carbocycles. The van der Waals surface area contributed by atoms with Gasteiger partial charge >= 0.3 is 6.09 Å². The molecule has 0 aromatic heterocycles. The van der Waals surface area contributed by atoms with Crippen molar-refractivity contribution in [3.63, 3.8) is 0 Å². The number of ether oxygens (including phenoxy) is 3. The molecule has 0 bridgehead atoms. The zero-order chi connectivity index (χ0) is 19.9. The summed E-state index contributed by atoms with van der Waals surface area (Å²) in [5.41, 5.74) is 0.300. The van der Waals surface area contributed by atoms with Crippen molar-refractivity contribution in [3.05, 3.63) is 29.8 Å². The van der Waals surface area contributed by atoms with Crippen LogP contribution in [0.2, 0.25) is 0 Å². The molecule has 1 saturated heterocycles. The van der Waals surface area contributed by atoms with E-state index in [1.807, 2.05) is 24.3 Å². The Morgan fingerprint density at radius 2 is 2.11 bits per heavy atom. The highest BCUT2D eigenvalue weighted by molar-refractivity contribution is 5.82. The molecule has 1 aliphatic rings. The summed E-state index contributed by atoms with van der Waals surface area (Å²) in [7, 11) is 1.60. The highest BCUT2D eigenvalue weighted by Crippen LogP contribution is 2.16. The molecule has 2 rings (SSSR count). The van der Waals surface area contributed by atoms with E-state index >= 15 is 0 Å². The Balaban J connectivity index is 1.93. The van der Waals surface area contributed by atoms with Crippen molar-refractivity contribution < 1.29 is 23.8 Å². The van der Waals surface area contributed by atoms with E-state index in [0.717, 1.165) is 24.2 Å². The largest absolute Gasteiger partial charge is 0.497 e. The third-order valence-electron chi connectivity index (χ3n) is 4.06. The fourth-order valence-electron chi connectivity index (χ4n) is 2.78. The molecular formula is C20H30N2O5. The van der Waals surface area contributed by atoms with Gasteiger partial charge in [-0.25, -0.2) is 4.79 Å². The first kappa shape index (κ1) is 21.0. The fraction of sp³-hybridized carbons (Fsp3) is 0.600. The topological polar surface area (TPSA) is 77.1 Å². The lowest BCUT2D eigenvalue weighted by molar-refractivity contribution is -0.122. The van der Waals surface area contributed by atoms with Gasteiger partial charge in [-0.05, 0) is 51.3 Å². The molecule has 0 radical (unpaired) electrons. The Hall–Kier alpha value is -2.28. The Bertz CT molecular complexity index is 636. The molecule has 0 saturated carbocycles. The van der Waals surface area contributed by atoms with Crippen LogP contribution in [0.1, 0.15) is 39.2 Å². The molecule has 1 aromatic carbocycles. The van der Waals surface area contributed by atoms with Gasteiger partial charge in [-0.15, -0.1) is 0 Å². The van der Waals surface area contributed by atoms with Crippen LogP contribution in [0.5, 0.6) is 5.75 Å². The van der Waals surface area contributed by atoms with Crippen molar-refractivity contribution in [2.45, 2.75) is 51.9 Å². The van der Waals surface area contributed by atoms with E-state index in [1.54, 1.807) is 27.9 Å². The van der Waals surface area contributed by atoms with Gasteiger partial charge in [-0.1, -0.05) is 12.1 Å². The molecular weight excluding hydrogens is 348 g/mol. The molecule has 0 spiro atoms. The predicted octanol–water partition coefficient (Wildman–Crippen LogP) is 2.73. The quantitative estimate of drug-likeness (QED) is 0.789. The third-order valence-corrected chi connectivity index (χ3v) is 4.06. The van der Waals surface area contributed by atoms with E-state index in [9.17, 15) is 9.59 Å². The van der Waals surface area contributed by atoms with Gasteiger partial charge in [0.05, 0.1) is 19.8 Å². The van der Waals surface area contributed by atoms with E-state index in [-0.39, 0.29) is 18.6 Å². The zero-order valence-electron chi connectivity index (χ0n) is 16.6. The fourth-order valence-corrected chi connectivity index (χ4v) is 2.78. The molecule has 150 valence electrons. The number of benzene rings is 1. The van der Waals surface area contributed by atoms with E-state index in [1.165, 1.54) is 4.90 Å². The second-order valence-electron chi connectivity index (χ2n) is 7.62. The minimum absolute atomic E-state index is 0.0521. The first-order valence-electron chi connectivity index (χ1n) is 9.26. The van der Waals surface area contributed by atoms with Gasteiger partial charge in [0.2, 0.25) is 5.91 Å². The van der Waals surface area contributed by atoms with Crippen molar-refractivity contribution in [1.29, 1.82) is 0 Å². The number of carbonyl (C=O) groups is 2. The van der Waals surface area contributed by atoms with Crippen LogP contribution in [0, 0.1) is 0 Å². The number of rotatable bonds is 7. The Labute approximate surface area is 161 Å². The summed E-state index contributed by atoms with van der Waals surface area (Å²) < 4.78 is 16.2. The van der Waals surface area contributed by atoms with Crippen molar-refractivity contribution >= 4 is 12.0 Å². The lowest BCUT2D eigenvalue weighted by Crippen LogP contribution is -2.46. The molecule has 7 nitrogen and oxygen atoms in total. The highest BCUT2D eigenvalue weighted by atomic mass is 16.6. The number of nitrogens with zero attached hydrogens (tertiary/aromatic N) is 1. The van der Waals surface area contributed by atoms with Gasteiger partial charge in [0.25, 0.3) is 0 Å². The molecule has 1 N–H and O–H groups in total. The Morgan fingerprint density at radius 3 is 2.74 bits per heavy atom. The van der Waals surface area contributed by atoms with E-state index in [0.29, 0.717) is 19.7 Å². The summed E-state index contributed by atoms with van der Waals surface area (Å²) >= 11 is 0. The summed E-state index contributed by atoms with van der Waals surface area (Å²) in [5.74, 6) is 0.484. The Morgan fingerprint density at radius 1 is 1.33 bits per heavy atom. The van der Waals surface area contributed by atoms with Crippen LogP contribution in [0.4, 0.5) is 4.79 Å². The second kappa shape index (κ2) is 9.60. The molecule has 1 atom stereocenters. The molecule has 1 aliphatic heterocycles. The first-order valence-corrected chi connectivity index (χ1v) is 9.26. The molecule has 1 aromatic rings. The number of carbonyl (C=O) groups excluding carboxylic acids is 2. The van der Waals surface area contributed by atoms with E-state index in [2.05, 4.69) is 5.32 Å². The van der Waals surface area contributed by atoms with Crippen LogP contribution in [0.3, 0.4) is 0 Å². The van der Waals surface area contributed by atoms with Crippen molar-refractivity contribution in [3.8, 4) is 5.75 Å². The Kier molecular flexibility index (Phi) is 7.47. The maximum absolute atomic E-state index is 12.5. The van der Waals surface area contributed by atoms with Gasteiger partial charge in [-0.2, -0.15) is 0 Å². The standard InChI is InChI=1S/C20H30N2O5/c1-20(2,3)27-19(24)22(13-17-9-6-10-26-17)14-18(23)21-12-15-7-5-8-16(11-15)25-4/h5,7-8,11,17H,6,9-10,12-14H2,1-4H3,(H,21,23). The van der Waals surface area contributed by atoms with Gasteiger partial charge in [0.15, 0.2) is 0 Å². The smallest absolute Gasteiger partial charge is 0.410 e. The maximum atomic E-state index is 12.5. The molecule has 1 unspecified atom stereocenters. The average molecular weight is 378 g/mol. The number of amides is 2. The molecule has 2 amide bonds. The third kappa shape index (κ3) is 7.46. The maximum Gasteiger partial charge on any atom is 0.410 e. The van der Waals surface area contributed by atoms with Crippen LogP contribution in [0.15, 0.2) is 24.3 Å². The van der Waals surface area contributed by atoms with Crippen LogP contribution in [-0.2, 0) is 20.8 Å². The number of hydrogen-bond acceptors (Lipinski definition) is 5. The number of hydrogen-bond donors (Lipinski definition) is 1. The normalized spacial score (nSPS) is 16.7. The van der Waals surface area contributed by atoms with E-state index in [4.69, 9.17) is 14.2 Å². The molecule has 1 fully saturated rings. The number of methoxy groups -OCH3 is 1. The van der Waals surface area contributed by atoms with Gasteiger partial charge in [-0.3, -0.25) is 9.69 Å². The molecule has 27 heavy (non-hydrogen) atoms. The van der Waals surface area contributed by atoms with Crippen molar-refractivity contribution in [2.24, 2.45) is 0 Å². The van der Waals surface area contributed by atoms with Crippen molar-refractivity contribution in [2.75, 3.05) is 26.8 Å². The van der Waals surface area contributed by atoms with Crippen LogP contribution in [0.25, 0.3) is 0 Å². The van der Waals surface area contributed by atoms with Crippen LogP contribution in [-0.4, -0.2) is 55.4 Å². The zero-order valence-corrected chi connectivity index (χ0v) is 16.6. The SMILES string of the molecule is COc1cccc(CNC(=O)CN(CC2CCCO2)C(=O)OC(C)(C)C)c1. The summed E-state index contributed by atoms with van der Waals surface area (Å²) in [6, 6.07) is 7.47. The molecule has 1 heterocycles. The summed E-state index contributed by atoms with van der Waals surface area (Å²) in [5, 5.41) is 2.84. The summed E-state index contributed by atoms with van der Waals surface area (Å²) in [6.07, 6.45) is 1.29. The van der Waals surface area contributed by atoms with Crippen LogP contribution >= 0.6 is 0 Å². The second-order valence-corrected chi connectivity index (χ2v) is 7.62. The van der Waals surface area contributed by atoms with Crippen molar-refractivity contribution in [1.82, 2.24) is 10.2 Å². The van der Waals surface area contributed by atoms with Crippen LogP contribution < -0.4 is 10.1 Å². The van der Waals surface area contributed by atoms with Gasteiger partial charge in [0, 0.05) is 13.2 Å². The van der Waals surface area contributed by atoms with Gasteiger partial charge < -0.3 is 19.5 Å². The lowest BCUT2D eigenvalue weighted by Gasteiger charge is -2.28.